The lowest BCUT2D eigenvalue weighted by Crippen LogP contribution is -2.18. The highest BCUT2D eigenvalue weighted by Crippen LogP contribution is 2.30. The summed E-state index contributed by atoms with van der Waals surface area (Å²) in [5.41, 5.74) is 4.39. The van der Waals surface area contributed by atoms with Crippen molar-refractivity contribution in [1.29, 1.82) is 0 Å². The third kappa shape index (κ3) is 4.56. The van der Waals surface area contributed by atoms with Crippen molar-refractivity contribution >= 4 is 29.4 Å². The van der Waals surface area contributed by atoms with Crippen molar-refractivity contribution in [2.75, 3.05) is 29.0 Å². The minimum atomic E-state index is -0.112. The second-order valence-electron chi connectivity index (χ2n) is 6.80. The van der Waals surface area contributed by atoms with E-state index in [4.69, 9.17) is 4.74 Å². The number of anilines is 2. The van der Waals surface area contributed by atoms with E-state index < -0.39 is 0 Å². The molecule has 1 N–H and O–H groups in total. The van der Waals surface area contributed by atoms with Crippen LogP contribution in [0, 0.1) is 13.8 Å². The van der Waals surface area contributed by atoms with E-state index in [1.807, 2.05) is 38.1 Å². The van der Waals surface area contributed by atoms with Crippen molar-refractivity contribution in [2.24, 2.45) is 0 Å². The molecule has 27 heavy (non-hydrogen) atoms. The first kappa shape index (κ1) is 19.5. The molecule has 2 aromatic rings. The zero-order chi connectivity index (χ0) is 19.4. The van der Waals surface area contributed by atoms with Crippen LogP contribution in [0.3, 0.4) is 0 Å². The van der Waals surface area contributed by atoms with Gasteiger partial charge in [0.15, 0.2) is 0 Å². The van der Waals surface area contributed by atoms with Gasteiger partial charge in [0.1, 0.15) is 11.6 Å². The number of methoxy groups -OCH3 is 1. The van der Waals surface area contributed by atoms with Gasteiger partial charge in [0, 0.05) is 35.3 Å². The van der Waals surface area contributed by atoms with E-state index in [0.717, 1.165) is 65.6 Å². The van der Waals surface area contributed by atoms with E-state index in [-0.39, 0.29) is 5.91 Å². The van der Waals surface area contributed by atoms with Crippen LogP contribution in [0.2, 0.25) is 0 Å². The quantitative estimate of drug-likeness (QED) is 0.726. The van der Waals surface area contributed by atoms with Crippen LogP contribution in [-0.2, 0) is 6.42 Å². The Kier molecular flexibility index (Phi) is 6.26. The number of pyridine rings is 1. The van der Waals surface area contributed by atoms with E-state index in [1.165, 1.54) is 0 Å². The Morgan fingerprint density at radius 2 is 2.11 bits per heavy atom. The Bertz CT molecular complexity index is 832. The number of carbonyl (C=O) groups excluding carboxylic acids is 1. The molecule has 0 atom stereocenters. The van der Waals surface area contributed by atoms with Gasteiger partial charge in [-0.25, -0.2) is 4.98 Å². The van der Waals surface area contributed by atoms with Crippen LogP contribution in [0.25, 0.3) is 0 Å². The van der Waals surface area contributed by atoms with Gasteiger partial charge in [0.05, 0.1) is 7.11 Å². The summed E-state index contributed by atoms with van der Waals surface area (Å²) in [5, 5.41) is 3.05. The second-order valence-corrected chi connectivity index (χ2v) is 7.91. The Morgan fingerprint density at radius 3 is 2.78 bits per heavy atom. The average molecular weight is 386 g/mol. The predicted molar refractivity (Wildman–Crippen MR) is 113 cm³/mol. The van der Waals surface area contributed by atoms with Gasteiger partial charge in [-0.3, -0.25) is 4.79 Å². The standard InChI is InChI=1S/C21H27N3O2S/c1-5-7-16-10-17(12-18(11-16)26-4)23-21(25)19-13-20(22-15(3)14(19)2)24-8-6-9-27-24/h10-13H,5-9H2,1-4H3,(H,23,25). The Hall–Kier alpha value is -2.21. The molecule has 144 valence electrons. The fraction of sp³-hybridized carbons (Fsp3) is 0.429. The van der Waals surface area contributed by atoms with Crippen molar-refractivity contribution in [2.45, 2.75) is 40.0 Å². The maximum Gasteiger partial charge on any atom is 0.256 e. The lowest BCUT2D eigenvalue weighted by atomic mass is 10.1. The van der Waals surface area contributed by atoms with E-state index >= 15 is 0 Å². The van der Waals surface area contributed by atoms with Gasteiger partial charge in [0.2, 0.25) is 0 Å². The Balaban J connectivity index is 1.88. The summed E-state index contributed by atoms with van der Waals surface area (Å²) >= 11 is 1.77. The van der Waals surface area contributed by atoms with Gasteiger partial charge in [-0.1, -0.05) is 13.3 Å². The maximum absolute atomic E-state index is 13.0. The van der Waals surface area contributed by atoms with E-state index in [0.29, 0.717) is 5.56 Å². The van der Waals surface area contributed by atoms with E-state index in [9.17, 15) is 4.79 Å². The molecule has 0 radical (unpaired) electrons. The van der Waals surface area contributed by atoms with Gasteiger partial charge in [-0.05, 0) is 68.0 Å². The Morgan fingerprint density at radius 1 is 1.30 bits per heavy atom. The number of aryl methyl sites for hydroxylation is 2. The van der Waals surface area contributed by atoms with Gasteiger partial charge in [0.25, 0.3) is 5.91 Å². The third-order valence-corrected chi connectivity index (χ3v) is 5.91. The maximum atomic E-state index is 13.0. The highest BCUT2D eigenvalue weighted by atomic mass is 32.2. The summed E-state index contributed by atoms with van der Waals surface area (Å²) in [6.45, 7) is 7.02. The molecular formula is C21H27N3O2S. The molecule has 1 amide bonds. The van der Waals surface area contributed by atoms with Gasteiger partial charge < -0.3 is 14.4 Å². The second kappa shape index (κ2) is 8.65. The van der Waals surface area contributed by atoms with E-state index in [2.05, 4.69) is 21.5 Å². The van der Waals surface area contributed by atoms with Crippen molar-refractivity contribution in [3.63, 3.8) is 0 Å². The first-order valence-corrected chi connectivity index (χ1v) is 10.3. The number of aromatic nitrogens is 1. The number of ether oxygens (including phenoxy) is 1. The third-order valence-electron chi connectivity index (χ3n) is 4.75. The fourth-order valence-corrected chi connectivity index (χ4v) is 4.16. The number of benzene rings is 1. The minimum absolute atomic E-state index is 0.112. The van der Waals surface area contributed by atoms with Crippen molar-refractivity contribution in [3.8, 4) is 5.75 Å². The molecule has 1 aromatic carbocycles. The molecule has 1 aliphatic heterocycles. The molecule has 1 aromatic heterocycles. The number of amides is 1. The van der Waals surface area contributed by atoms with Gasteiger partial charge in [-0.2, -0.15) is 0 Å². The van der Waals surface area contributed by atoms with Crippen molar-refractivity contribution in [3.05, 3.63) is 46.6 Å². The summed E-state index contributed by atoms with van der Waals surface area (Å²) in [6.07, 6.45) is 3.13. The highest BCUT2D eigenvalue weighted by molar-refractivity contribution is 8.00. The zero-order valence-corrected chi connectivity index (χ0v) is 17.3. The number of nitrogens with one attached hydrogen (secondary N) is 1. The number of hydrogen-bond acceptors (Lipinski definition) is 5. The molecule has 0 aliphatic carbocycles. The molecular weight excluding hydrogens is 358 g/mol. The largest absolute Gasteiger partial charge is 0.497 e. The van der Waals surface area contributed by atoms with Crippen molar-refractivity contribution in [1.82, 2.24) is 4.98 Å². The lowest BCUT2D eigenvalue weighted by molar-refractivity contribution is 0.102. The van der Waals surface area contributed by atoms with Gasteiger partial charge in [-0.15, -0.1) is 0 Å². The lowest BCUT2D eigenvalue weighted by Gasteiger charge is -2.18. The predicted octanol–water partition coefficient (Wildman–Crippen LogP) is 4.77. The monoisotopic (exact) mass is 385 g/mol. The van der Waals surface area contributed by atoms with Crippen LogP contribution in [0.15, 0.2) is 24.3 Å². The molecule has 0 spiro atoms. The van der Waals surface area contributed by atoms with E-state index in [1.54, 1.807) is 19.1 Å². The molecule has 2 heterocycles. The summed E-state index contributed by atoms with van der Waals surface area (Å²) in [6, 6.07) is 7.80. The molecule has 0 bridgehead atoms. The highest BCUT2D eigenvalue weighted by Gasteiger charge is 2.20. The average Bonchev–Trinajstić information content (AvgIpc) is 3.18. The summed E-state index contributed by atoms with van der Waals surface area (Å²) in [5.74, 6) is 2.61. The summed E-state index contributed by atoms with van der Waals surface area (Å²) in [7, 11) is 1.65. The van der Waals surface area contributed by atoms with Crippen LogP contribution in [0.1, 0.15) is 46.9 Å². The van der Waals surface area contributed by atoms with Gasteiger partial charge >= 0.3 is 0 Å². The Labute approximate surface area is 165 Å². The summed E-state index contributed by atoms with van der Waals surface area (Å²) in [4.78, 5) is 17.7. The number of rotatable bonds is 6. The topological polar surface area (TPSA) is 54.5 Å². The number of carbonyl (C=O) groups is 1. The van der Waals surface area contributed by atoms with Crippen LogP contribution in [-0.4, -0.2) is 30.3 Å². The normalized spacial score (nSPS) is 13.7. The molecule has 6 heteroatoms. The first-order valence-electron chi connectivity index (χ1n) is 9.39. The molecule has 0 saturated carbocycles. The molecule has 1 fully saturated rings. The van der Waals surface area contributed by atoms with Crippen LogP contribution >= 0.6 is 11.9 Å². The molecule has 0 unspecified atom stereocenters. The smallest absolute Gasteiger partial charge is 0.256 e. The van der Waals surface area contributed by atoms with Crippen LogP contribution in [0.4, 0.5) is 11.5 Å². The molecule has 3 rings (SSSR count). The van der Waals surface area contributed by atoms with Crippen LogP contribution in [0.5, 0.6) is 5.75 Å². The van der Waals surface area contributed by atoms with Crippen LogP contribution < -0.4 is 14.4 Å². The SMILES string of the molecule is CCCc1cc(NC(=O)c2cc(N3CCCS3)nc(C)c2C)cc(OC)c1. The van der Waals surface area contributed by atoms with Crippen molar-refractivity contribution < 1.29 is 9.53 Å². The fourth-order valence-electron chi connectivity index (χ4n) is 3.19. The molecule has 1 saturated heterocycles. The molecule has 5 nitrogen and oxygen atoms in total. The first-order chi connectivity index (χ1) is 13.0. The number of hydrogen-bond donors (Lipinski definition) is 1. The number of nitrogens with zero attached hydrogens (tertiary/aromatic N) is 2. The summed E-state index contributed by atoms with van der Waals surface area (Å²) < 4.78 is 7.56. The molecule has 1 aliphatic rings. The zero-order valence-electron chi connectivity index (χ0n) is 16.5. The minimum Gasteiger partial charge on any atom is -0.497 e.